The molecule has 0 radical (unpaired) electrons. The van der Waals surface area contributed by atoms with Gasteiger partial charge in [0.05, 0.1) is 12.0 Å². The smallest absolute Gasteiger partial charge is 0.227 e. The number of anilines is 1. The summed E-state index contributed by atoms with van der Waals surface area (Å²) in [6.07, 6.45) is 3.80. The van der Waals surface area contributed by atoms with E-state index in [1.807, 2.05) is 21.9 Å². The fourth-order valence-electron chi connectivity index (χ4n) is 4.20. The molecule has 1 aromatic heterocycles. The molecule has 1 unspecified atom stereocenters. The van der Waals surface area contributed by atoms with Crippen molar-refractivity contribution in [2.75, 3.05) is 45.1 Å². The monoisotopic (exact) mass is 358 g/mol. The van der Waals surface area contributed by atoms with Crippen LogP contribution in [0.2, 0.25) is 0 Å². The average Bonchev–Trinajstić information content (AvgIpc) is 3.01. The van der Waals surface area contributed by atoms with Crippen LogP contribution in [-0.4, -0.2) is 88.6 Å². The zero-order valence-corrected chi connectivity index (χ0v) is 15.2. The van der Waals surface area contributed by atoms with Gasteiger partial charge in [0.25, 0.3) is 0 Å². The highest BCUT2D eigenvalue weighted by molar-refractivity contribution is 5.89. The van der Waals surface area contributed by atoms with E-state index in [4.69, 9.17) is 0 Å². The number of nitrogens with one attached hydrogen (secondary N) is 1. The lowest BCUT2D eigenvalue weighted by molar-refractivity contribution is -0.136. The molecule has 2 amide bonds. The number of rotatable bonds is 4. The van der Waals surface area contributed by atoms with Crippen molar-refractivity contribution >= 4 is 17.6 Å². The van der Waals surface area contributed by atoms with Crippen molar-refractivity contribution in [3.63, 3.8) is 0 Å². The number of amides is 2. The second kappa shape index (κ2) is 7.19. The Labute approximate surface area is 153 Å². The highest BCUT2D eigenvalue weighted by Gasteiger charge is 2.42. The maximum atomic E-state index is 12.8. The number of likely N-dealkylation sites (tertiary alicyclic amines) is 3. The third-order valence-corrected chi connectivity index (χ3v) is 5.72. The number of piperidine rings is 1. The van der Waals surface area contributed by atoms with E-state index in [2.05, 4.69) is 27.5 Å². The largest absolute Gasteiger partial charge is 0.366 e. The Bertz CT molecular complexity index is 655. The summed E-state index contributed by atoms with van der Waals surface area (Å²) in [7, 11) is 2.05. The maximum absolute atomic E-state index is 12.8. The molecule has 0 bridgehead atoms. The predicted molar refractivity (Wildman–Crippen MR) is 96.4 cm³/mol. The Kier molecular flexibility index (Phi) is 4.76. The average molecular weight is 358 g/mol. The van der Waals surface area contributed by atoms with E-state index in [-0.39, 0.29) is 17.7 Å². The highest BCUT2D eigenvalue weighted by atomic mass is 16.2. The number of likely N-dealkylation sites (N-methyl/N-ethyl adjacent to an activating group) is 1. The molecule has 3 aliphatic heterocycles. The number of aromatic nitrogens is 2. The summed E-state index contributed by atoms with van der Waals surface area (Å²) in [5.74, 6) is 0.893. The summed E-state index contributed by atoms with van der Waals surface area (Å²) >= 11 is 0. The van der Waals surface area contributed by atoms with Gasteiger partial charge in [-0.1, -0.05) is 0 Å². The molecule has 26 heavy (non-hydrogen) atoms. The van der Waals surface area contributed by atoms with Gasteiger partial charge >= 0.3 is 0 Å². The molecule has 8 heteroatoms. The number of carbonyl (C=O) groups excluding carboxylic acids is 2. The molecule has 4 rings (SSSR count). The molecule has 140 valence electrons. The van der Waals surface area contributed by atoms with Crippen LogP contribution in [0.15, 0.2) is 18.3 Å². The van der Waals surface area contributed by atoms with Gasteiger partial charge in [0.2, 0.25) is 11.8 Å². The summed E-state index contributed by atoms with van der Waals surface area (Å²) in [6, 6.07) is 4.37. The molecule has 3 aliphatic rings. The molecule has 0 aromatic carbocycles. The van der Waals surface area contributed by atoms with Crippen LogP contribution in [0.1, 0.15) is 19.3 Å². The highest BCUT2D eigenvalue weighted by Crippen LogP contribution is 2.27. The second-order valence-electron chi connectivity index (χ2n) is 7.67. The van der Waals surface area contributed by atoms with Crippen molar-refractivity contribution in [2.24, 2.45) is 5.92 Å². The van der Waals surface area contributed by atoms with Crippen LogP contribution in [0.3, 0.4) is 0 Å². The first kappa shape index (κ1) is 17.2. The zero-order chi connectivity index (χ0) is 18.1. The minimum absolute atomic E-state index is 0.139. The lowest BCUT2D eigenvalue weighted by atomic mass is 10.0. The number of hydrogen-bond donors (Lipinski definition) is 1. The molecular weight excluding hydrogens is 332 g/mol. The van der Waals surface area contributed by atoms with E-state index in [9.17, 15) is 9.59 Å². The van der Waals surface area contributed by atoms with E-state index in [0.29, 0.717) is 25.0 Å². The first-order chi connectivity index (χ1) is 12.6. The van der Waals surface area contributed by atoms with Gasteiger partial charge in [-0.3, -0.25) is 9.59 Å². The van der Waals surface area contributed by atoms with Gasteiger partial charge in [-0.25, -0.2) is 0 Å². The van der Waals surface area contributed by atoms with Crippen molar-refractivity contribution < 1.29 is 9.59 Å². The normalized spacial score (nSPS) is 25.4. The van der Waals surface area contributed by atoms with E-state index in [1.165, 1.54) is 0 Å². The van der Waals surface area contributed by atoms with Crippen LogP contribution >= 0.6 is 0 Å². The third-order valence-electron chi connectivity index (χ3n) is 5.72. The molecule has 1 N–H and O–H groups in total. The molecule has 0 spiro atoms. The number of carbonyl (C=O) groups is 2. The van der Waals surface area contributed by atoms with E-state index in [1.54, 1.807) is 6.20 Å². The Morgan fingerprint density at radius 2 is 2.00 bits per heavy atom. The SMILES string of the molecule is CN1CC(N2CC(C(=O)N3CCC(Nc4cccnn4)CC3)CC2=O)C1. The van der Waals surface area contributed by atoms with E-state index >= 15 is 0 Å². The molecular formula is C18H26N6O2. The topological polar surface area (TPSA) is 81.7 Å². The predicted octanol–water partition coefficient (Wildman–Crippen LogP) is 0.0420. The first-order valence-corrected chi connectivity index (χ1v) is 9.41. The van der Waals surface area contributed by atoms with Crippen molar-refractivity contribution in [1.82, 2.24) is 24.9 Å². The minimum atomic E-state index is -0.169. The first-order valence-electron chi connectivity index (χ1n) is 9.41. The molecule has 3 saturated heterocycles. The lowest BCUT2D eigenvalue weighted by Crippen LogP contribution is -2.58. The van der Waals surface area contributed by atoms with Crippen LogP contribution in [0.5, 0.6) is 0 Å². The van der Waals surface area contributed by atoms with Crippen molar-refractivity contribution in [3.05, 3.63) is 18.3 Å². The van der Waals surface area contributed by atoms with Crippen LogP contribution < -0.4 is 5.32 Å². The van der Waals surface area contributed by atoms with Gasteiger partial charge in [0.15, 0.2) is 0 Å². The third kappa shape index (κ3) is 3.51. The Hall–Kier alpha value is -2.22. The van der Waals surface area contributed by atoms with Crippen LogP contribution in [0.4, 0.5) is 5.82 Å². The summed E-state index contributed by atoms with van der Waals surface area (Å²) < 4.78 is 0. The molecule has 1 aromatic rings. The molecule has 4 heterocycles. The van der Waals surface area contributed by atoms with Crippen molar-refractivity contribution in [3.8, 4) is 0 Å². The lowest BCUT2D eigenvalue weighted by Gasteiger charge is -2.42. The number of nitrogens with zero attached hydrogens (tertiary/aromatic N) is 5. The van der Waals surface area contributed by atoms with Crippen LogP contribution in [0, 0.1) is 5.92 Å². The molecule has 0 saturated carbocycles. The van der Waals surface area contributed by atoms with E-state index in [0.717, 1.165) is 44.8 Å². The van der Waals surface area contributed by atoms with Crippen LogP contribution in [0.25, 0.3) is 0 Å². The minimum Gasteiger partial charge on any atom is -0.366 e. The van der Waals surface area contributed by atoms with Crippen LogP contribution in [-0.2, 0) is 9.59 Å². The fraction of sp³-hybridized carbons (Fsp3) is 0.667. The Morgan fingerprint density at radius 3 is 2.65 bits per heavy atom. The second-order valence-corrected chi connectivity index (χ2v) is 7.67. The summed E-state index contributed by atoms with van der Waals surface area (Å²) in [4.78, 5) is 31.2. The molecule has 1 atom stereocenters. The molecule has 8 nitrogen and oxygen atoms in total. The van der Waals surface area contributed by atoms with E-state index < -0.39 is 0 Å². The van der Waals surface area contributed by atoms with Gasteiger partial charge in [0, 0.05) is 51.4 Å². The standard InChI is InChI=1S/C18H26N6O2/c1-22-11-15(12-22)24-10-13(9-17(24)25)18(26)23-7-4-14(5-8-23)20-16-3-2-6-19-21-16/h2-3,6,13-15H,4-5,7-12H2,1H3,(H,20,21). The van der Waals surface area contributed by atoms with Gasteiger partial charge in [0.1, 0.15) is 5.82 Å². The number of hydrogen-bond acceptors (Lipinski definition) is 6. The maximum Gasteiger partial charge on any atom is 0.227 e. The fourth-order valence-corrected chi connectivity index (χ4v) is 4.20. The van der Waals surface area contributed by atoms with Gasteiger partial charge in [-0.2, -0.15) is 5.10 Å². The van der Waals surface area contributed by atoms with Gasteiger partial charge in [-0.15, -0.1) is 5.10 Å². The van der Waals surface area contributed by atoms with Gasteiger partial charge < -0.3 is 20.0 Å². The summed E-state index contributed by atoms with van der Waals surface area (Å²) in [5.41, 5.74) is 0. The Balaban J connectivity index is 1.27. The molecule has 0 aliphatic carbocycles. The Morgan fingerprint density at radius 1 is 1.23 bits per heavy atom. The molecule has 3 fully saturated rings. The van der Waals surface area contributed by atoms with Crippen molar-refractivity contribution in [2.45, 2.75) is 31.3 Å². The van der Waals surface area contributed by atoms with Gasteiger partial charge in [-0.05, 0) is 32.0 Å². The summed E-state index contributed by atoms with van der Waals surface area (Å²) in [5, 5.41) is 11.3. The summed E-state index contributed by atoms with van der Waals surface area (Å²) in [6.45, 7) is 3.90. The quantitative estimate of drug-likeness (QED) is 0.819. The van der Waals surface area contributed by atoms with Crippen molar-refractivity contribution in [1.29, 1.82) is 0 Å². The zero-order valence-electron chi connectivity index (χ0n) is 15.2.